The summed E-state index contributed by atoms with van der Waals surface area (Å²) in [4.78, 5) is 4.10. The van der Waals surface area contributed by atoms with Crippen LogP contribution in [0.4, 0.5) is 19.1 Å². The quantitative estimate of drug-likeness (QED) is 0.784. The molecule has 1 aromatic heterocycles. The molecule has 0 amide bonds. The number of aromatic nitrogens is 2. The fourth-order valence-corrected chi connectivity index (χ4v) is 1.39. The second kappa shape index (κ2) is 4.95. The lowest BCUT2D eigenvalue weighted by Gasteiger charge is -2.10. The Morgan fingerprint density at radius 3 is 2.88 bits per heavy atom. The molecule has 0 aromatic carbocycles. The number of rotatable bonds is 6. The third-order valence-electron chi connectivity index (χ3n) is 2.37. The van der Waals surface area contributed by atoms with E-state index in [-0.39, 0.29) is 6.61 Å². The molecule has 0 saturated heterocycles. The first-order valence-electron chi connectivity index (χ1n) is 5.47. The highest BCUT2D eigenvalue weighted by molar-refractivity contribution is 5.29. The number of hydrogen-bond donors (Lipinski definition) is 1. The number of nitrogens with zero attached hydrogens (tertiary/aromatic N) is 2. The molecule has 2 rings (SSSR count). The molecule has 1 aliphatic rings. The maximum absolute atomic E-state index is 11.8. The number of anilines is 1. The van der Waals surface area contributed by atoms with E-state index in [0.717, 1.165) is 12.8 Å². The van der Waals surface area contributed by atoms with Crippen LogP contribution in [0.1, 0.15) is 12.8 Å². The number of alkyl halides is 3. The SMILES string of the molecule is FC(F)(F)COCCn1ccnc1NC1CC1. The van der Waals surface area contributed by atoms with E-state index in [1.54, 1.807) is 17.0 Å². The van der Waals surface area contributed by atoms with Crippen LogP contribution in [0.15, 0.2) is 12.4 Å². The van der Waals surface area contributed by atoms with Gasteiger partial charge in [0.25, 0.3) is 0 Å². The van der Waals surface area contributed by atoms with Crippen LogP contribution in [0.3, 0.4) is 0 Å². The molecule has 96 valence electrons. The van der Waals surface area contributed by atoms with Gasteiger partial charge in [-0.3, -0.25) is 0 Å². The van der Waals surface area contributed by atoms with Gasteiger partial charge in [-0.05, 0) is 12.8 Å². The molecule has 0 bridgehead atoms. The summed E-state index contributed by atoms with van der Waals surface area (Å²) in [5.74, 6) is 0.697. The molecule has 1 fully saturated rings. The fraction of sp³-hybridized carbons (Fsp3) is 0.700. The second-order valence-corrected chi connectivity index (χ2v) is 4.03. The highest BCUT2D eigenvalue weighted by Gasteiger charge is 2.27. The summed E-state index contributed by atoms with van der Waals surface area (Å²) in [6, 6.07) is 0.465. The largest absolute Gasteiger partial charge is 0.411 e. The average Bonchev–Trinajstić information content (AvgIpc) is 2.92. The lowest BCUT2D eigenvalue weighted by Crippen LogP contribution is -2.19. The highest BCUT2D eigenvalue weighted by Crippen LogP contribution is 2.23. The first-order chi connectivity index (χ1) is 8.04. The summed E-state index contributed by atoms with van der Waals surface area (Å²) in [5, 5.41) is 3.20. The summed E-state index contributed by atoms with van der Waals surface area (Å²) < 4.78 is 41.8. The van der Waals surface area contributed by atoms with E-state index in [2.05, 4.69) is 15.0 Å². The first-order valence-corrected chi connectivity index (χ1v) is 5.47. The molecule has 0 radical (unpaired) electrons. The van der Waals surface area contributed by atoms with E-state index in [0.29, 0.717) is 18.5 Å². The van der Waals surface area contributed by atoms with Crippen molar-refractivity contribution in [2.24, 2.45) is 0 Å². The van der Waals surface area contributed by atoms with Crippen molar-refractivity contribution in [2.75, 3.05) is 18.5 Å². The minimum Gasteiger partial charge on any atom is -0.370 e. The van der Waals surface area contributed by atoms with Gasteiger partial charge in [-0.2, -0.15) is 13.2 Å². The van der Waals surface area contributed by atoms with Gasteiger partial charge >= 0.3 is 6.18 Å². The molecule has 0 aliphatic heterocycles. The Bertz CT molecular complexity index is 360. The molecule has 1 aliphatic carbocycles. The highest BCUT2D eigenvalue weighted by atomic mass is 19.4. The van der Waals surface area contributed by atoms with E-state index in [9.17, 15) is 13.2 Å². The Morgan fingerprint density at radius 2 is 2.24 bits per heavy atom. The molecule has 0 unspecified atom stereocenters. The number of halogens is 3. The fourth-order valence-electron chi connectivity index (χ4n) is 1.39. The lowest BCUT2D eigenvalue weighted by atomic mass is 10.6. The Kier molecular flexibility index (Phi) is 3.56. The van der Waals surface area contributed by atoms with Gasteiger partial charge in [-0.15, -0.1) is 0 Å². The van der Waals surface area contributed by atoms with E-state index in [1.165, 1.54) is 0 Å². The minimum atomic E-state index is -4.26. The number of imidazole rings is 1. The van der Waals surface area contributed by atoms with Crippen molar-refractivity contribution < 1.29 is 17.9 Å². The molecule has 7 heteroatoms. The molecule has 1 heterocycles. The van der Waals surface area contributed by atoms with Crippen LogP contribution in [0.5, 0.6) is 0 Å². The zero-order chi connectivity index (χ0) is 12.3. The normalized spacial score (nSPS) is 16.2. The van der Waals surface area contributed by atoms with Crippen molar-refractivity contribution in [1.29, 1.82) is 0 Å². The molecule has 4 nitrogen and oxygen atoms in total. The molecular formula is C10H14F3N3O. The number of nitrogens with one attached hydrogen (secondary N) is 1. The van der Waals surface area contributed by atoms with Gasteiger partial charge in [0, 0.05) is 25.0 Å². The van der Waals surface area contributed by atoms with Crippen LogP contribution in [0.2, 0.25) is 0 Å². The van der Waals surface area contributed by atoms with E-state index in [1.807, 2.05) is 0 Å². The summed E-state index contributed by atoms with van der Waals surface area (Å²) in [6.07, 6.45) is 1.33. The van der Waals surface area contributed by atoms with E-state index >= 15 is 0 Å². The van der Waals surface area contributed by atoms with Gasteiger partial charge in [0.05, 0.1) is 6.61 Å². The molecule has 17 heavy (non-hydrogen) atoms. The van der Waals surface area contributed by atoms with Gasteiger partial charge in [0.15, 0.2) is 0 Å². The standard InChI is InChI=1S/C10H14F3N3O/c11-10(12,13)7-17-6-5-16-4-3-14-9(16)15-8-1-2-8/h3-4,8H,1-2,5-7H2,(H,14,15). The first kappa shape index (κ1) is 12.2. The summed E-state index contributed by atoms with van der Waals surface area (Å²) in [7, 11) is 0. The number of ether oxygens (including phenoxy) is 1. The summed E-state index contributed by atoms with van der Waals surface area (Å²) in [5.41, 5.74) is 0. The van der Waals surface area contributed by atoms with Crippen molar-refractivity contribution in [3.05, 3.63) is 12.4 Å². The Balaban J connectivity index is 1.72. The average molecular weight is 249 g/mol. The van der Waals surface area contributed by atoms with Crippen molar-refractivity contribution in [1.82, 2.24) is 9.55 Å². The third-order valence-corrected chi connectivity index (χ3v) is 2.37. The van der Waals surface area contributed by atoms with Gasteiger partial charge in [0.1, 0.15) is 6.61 Å². The molecule has 1 aromatic rings. The number of hydrogen-bond acceptors (Lipinski definition) is 3. The van der Waals surface area contributed by atoms with Crippen LogP contribution in [0.25, 0.3) is 0 Å². The van der Waals surface area contributed by atoms with Crippen LogP contribution in [0, 0.1) is 0 Å². The van der Waals surface area contributed by atoms with Crippen LogP contribution in [-0.2, 0) is 11.3 Å². The van der Waals surface area contributed by atoms with Crippen LogP contribution in [-0.4, -0.2) is 35.0 Å². The summed E-state index contributed by atoms with van der Waals surface area (Å²) >= 11 is 0. The van der Waals surface area contributed by atoms with Gasteiger partial charge in [-0.1, -0.05) is 0 Å². The van der Waals surface area contributed by atoms with Crippen LogP contribution < -0.4 is 5.32 Å². The van der Waals surface area contributed by atoms with Crippen molar-refractivity contribution in [3.8, 4) is 0 Å². The predicted octanol–water partition coefficient (Wildman–Crippen LogP) is 2.04. The Labute approximate surface area is 96.8 Å². The third kappa shape index (κ3) is 4.26. The van der Waals surface area contributed by atoms with E-state index < -0.39 is 12.8 Å². The Hall–Kier alpha value is -1.24. The van der Waals surface area contributed by atoms with Gasteiger partial charge in [0.2, 0.25) is 5.95 Å². The second-order valence-electron chi connectivity index (χ2n) is 4.03. The molecule has 0 atom stereocenters. The molecule has 1 N–H and O–H groups in total. The maximum Gasteiger partial charge on any atom is 0.411 e. The van der Waals surface area contributed by atoms with Crippen molar-refractivity contribution >= 4 is 5.95 Å². The maximum atomic E-state index is 11.8. The zero-order valence-electron chi connectivity index (χ0n) is 9.20. The van der Waals surface area contributed by atoms with E-state index in [4.69, 9.17) is 0 Å². The zero-order valence-corrected chi connectivity index (χ0v) is 9.20. The topological polar surface area (TPSA) is 39.1 Å². The van der Waals surface area contributed by atoms with Gasteiger partial charge < -0.3 is 14.6 Å². The molecular weight excluding hydrogens is 235 g/mol. The molecule has 0 spiro atoms. The van der Waals surface area contributed by atoms with Crippen molar-refractivity contribution in [2.45, 2.75) is 31.6 Å². The lowest BCUT2D eigenvalue weighted by molar-refractivity contribution is -0.174. The monoisotopic (exact) mass is 249 g/mol. The predicted molar refractivity (Wildman–Crippen MR) is 55.7 cm³/mol. The minimum absolute atomic E-state index is 0.0230. The molecule has 1 saturated carbocycles. The summed E-state index contributed by atoms with van der Waals surface area (Å²) in [6.45, 7) is -0.812. The smallest absolute Gasteiger partial charge is 0.370 e. The van der Waals surface area contributed by atoms with Gasteiger partial charge in [-0.25, -0.2) is 4.98 Å². The van der Waals surface area contributed by atoms with Crippen molar-refractivity contribution in [3.63, 3.8) is 0 Å². The Morgan fingerprint density at radius 1 is 1.47 bits per heavy atom. The van der Waals surface area contributed by atoms with Crippen LogP contribution >= 0.6 is 0 Å².